The standard InChI is InChI=1S/C30H42N2O8S/c1-20(2)17-32(41(35,36)24-11-9-23(31)10-12-24)18-25(33)22(15-21-7-5-4-6-8-21)16-28(34)40-26-13-14-38-30-29(26)27(37-3)19-39-30/h4-12,20,22,25-27,29-30,33H,13-19,31H2,1-3H3/t22-,25-,26+,27+,29-,30+/m1/s1. The lowest BCUT2D eigenvalue weighted by atomic mass is 9.90. The average molecular weight is 591 g/mol. The van der Waals surface area contributed by atoms with Crippen LogP contribution in [-0.2, 0) is 40.2 Å². The maximum atomic E-state index is 13.6. The Morgan fingerprint density at radius 2 is 1.78 bits per heavy atom. The molecule has 0 saturated carbocycles. The van der Waals surface area contributed by atoms with Crippen LogP contribution in [0.25, 0.3) is 0 Å². The van der Waals surface area contributed by atoms with Crippen molar-refractivity contribution in [1.29, 1.82) is 0 Å². The average Bonchev–Trinajstić information content (AvgIpc) is 3.37. The van der Waals surface area contributed by atoms with Crippen LogP contribution in [0.15, 0.2) is 59.5 Å². The Morgan fingerprint density at radius 3 is 2.44 bits per heavy atom. The van der Waals surface area contributed by atoms with E-state index >= 15 is 0 Å². The molecule has 0 bridgehead atoms. The van der Waals surface area contributed by atoms with Crippen LogP contribution < -0.4 is 5.73 Å². The molecule has 11 heteroatoms. The fourth-order valence-electron chi connectivity index (χ4n) is 5.53. The maximum Gasteiger partial charge on any atom is 0.306 e. The minimum absolute atomic E-state index is 0.00659. The summed E-state index contributed by atoms with van der Waals surface area (Å²) in [5.41, 5.74) is 7.15. The summed E-state index contributed by atoms with van der Waals surface area (Å²) in [6.45, 7) is 4.63. The number of carbonyl (C=O) groups excluding carboxylic acids is 1. The number of sulfonamides is 1. The van der Waals surface area contributed by atoms with E-state index in [1.54, 1.807) is 7.11 Å². The Kier molecular flexibility index (Phi) is 10.8. The number of aliphatic hydroxyl groups is 1. The molecule has 41 heavy (non-hydrogen) atoms. The van der Waals surface area contributed by atoms with E-state index < -0.39 is 40.4 Å². The second-order valence-corrected chi connectivity index (χ2v) is 13.2. The van der Waals surface area contributed by atoms with Gasteiger partial charge in [0.15, 0.2) is 6.29 Å². The predicted octanol–water partition coefficient (Wildman–Crippen LogP) is 2.84. The van der Waals surface area contributed by atoms with Crippen molar-refractivity contribution in [1.82, 2.24) is 4.31 Å². The van der Waals surface area contributed by atoms with E-state index in [0.29, 0.717) is 31.7 Å². The molecular weight excluding hydrogens is 548 g/mol. The van der Waals surface area contributed by atoms with E-state index in [1.807, 2.05) is 44.2 Å². The van der Waals surface area contributed by atoms with Gasteiger partial charge in [-0.15, -0.1) is 0 Å². The third kappa shape index (κ3) is 8.06. The third-order valence-electron chi connectivity index (χ3n) is 7.66. The minimum Gasteiger partial charge on any atom is -0.462 e. The summed E-state index contributed by atoms with van der Waals surface area (Å²) in [6.07, 6.45) is -1.49. The molecule has 2 fully saturated rings. The second-order valence-electron chi connectivity index (χ2n) is 11.2. The van der Waals surface area contributed by atoms with Crippen molar-refractivity contribution in [2.75, 3.05) is 39.1 Å². The molecule has 3 N–H and O–H groups in total. The normalized spacial score (nSPS) is 24.2. The number of nitrogens with zero attached hydrogens (tertiary/aromatic N) is 1. The number of nitrogens with two attached hydrogens (primary N) is 1. The molecule has 2 heterocycles. The number of aliphatic hydroxyl groups excluding tert-OH is 1. The van der Waals surface area contributed by atoms with Crippen LogP contribution in [0.1, 0.15) is 32.3 Å². The molecule has 0 radical (unpaired) electrons. The van der Waals surface area contributed by atoms with Gasteiger partial charge in [-0.2, -0.15) is 4.31 Å². The van der Waals surface area contributed by atoms with Gasteiger partial charge in [0.1, 0.15) is 6.10 Å². The van der Waals surface area contributed by atoms with E-state index in [2.05, 4.69) is 0 Å². The van der Waals surface area contributed by atoms with Crippen molar-refractivity contribution in [3.05, 3.63) is 60.2 Å². The largest absolute Gasteiger partial charge is 0.462 e. The molecule has 0 amide bonds. The maximum absolute atomic E-state index is 13.6. The smallest absolute Gasteiger partial charge is 0.306 e. The molecule has 226 valence electrons. The van der Waals surface area contributed by atoms with E-state index in [4.69, 9.17) is 24.7 Å². The molecule has 6 atom stereocenters. The van der Waals surface area contributed by atoms with Gasteiger partial charge >= 0.3 is 5.97 Å². The Bertz CT molecular complexity index is 1220. The second kappa shape index (κ2) is 14.1. The van der Waals surface area contributed by atoms with Crippen molar-refractivity contribution >= 4 is 21.7 Å². The SMILES string of the molecule is CO[C@H]1CO[C@@H]2OCC[C@H](OC(=O)C[C@@H](Cc3ccccc3)[C@H](O)CN(CC(C)C)S(=O)(=O)c3ccc(N)cc3)[C@@H]21. The third-order valence-corrected chi connectivity index (χ3v) is 9.50. The van der Waals surface area contributed by atoms with Gasteiger partial charge in [0.05, 0.1) is 42.7 Å². The monoisotopic (exact) mass is 590 g/mol. The molecule has 10 nitrogen and oxygen atoms in total. The number of nitrogen functional groups attached to an aromatic ring is 1. The van der Waals surface area contributed by atoms with Gasteiger partial charge in [-0.05, 0) is 42.2 Å². The van der Waals surface area contributed by atoms with Crippen molar-refractivity contribution in [2.24, 2.45) is 17.8 Å². The highest BCUT2D eigenvalue weighted by Crippen LogP contribution is 2.35. The minimum atomic E-state index is -3.92. The van der Waals surface area contributed by atoms with Crippen LogP contribution in [0.3, 0.4) is 0 Å². The number of carbonyl (C=O) groups is 1. The first kappa shape index (κ1) is 31.4. The van der Waals surface area contributed by atoms with Gasteiger partial charge in [0, 0.05) is 38.2 Å². The Hall–Kier alpha value is -2.54. The predicted molar refractivity (Wildman–Crippen MR) is 153 cm³/mol. The zero-order valence-electron chi connectivity index (χ0n) is 23.9. The quantitative estimate of drug-likeness (QED) is 0.266. The molecule has 2 aliphatic heterocycles. The summed E-state index contributed by atoms with van der Waals surface area (Å²) in [7, 11) is -2.33. The number of benzene rings is 2. The summed E-state index contributed by atoms with van der Waals surface area (Å²) in [5, 5.41) is 11.5. The molecule has 0 spiro atoms. The van der Waals surface area contributed by atoms with Crippen LogP contribution in [0.5, 0.6) is 0 Å². The highest BCUT2D eigenvalue weighted by atomic mass is 32.2. The molecule has 0 unspecified atom stereocenters. The topological polar surface area (TPSA) is 138 Å². The van der Waals surface area contributed by atoms with Gasteiger partial charge < -0.3 is 29.8 Å². The fraction of sp³-hybridized carbons (Fsp3) is 0.567. The number of fused-ring (bicyclic) bond motifs is 1. The Labute approximate surface area is 242 Å². The van der Waals surface area contributed by atoms with Crippen LogP contribution in [0, 0.1) is 17.8 Å². The van der Waals surface area contributed by atoms with Gasteiger partial charge in [0.25, 0.3) is 0 Å². The first-order valence-electron chi connectivity index (χ1n) is 14.1. The number of anilines is 1. The molecule has 0 aliphatic carbocycles. The molecule has 2 saturated heterocycles. The number of hydrogen-bond acceptors (Lipinski definition) is 9. The summed E-state index contributed by atoms with van der Waals surface area (Å²) < 4.78 is 51.3. The molecule has 2 aliphatic rings. The van der Waals surface area contributed by atoms with Crippen molar-refractivity contribution in [3.63, 3.8) is 0 Å². The van der Waals surface area contributed by atoms with Crippen LogP contribution in [0.4, 0.5) is 5.69 Å². The number of methoxy groups -OCH3 is 1. The fourth-order valence-corrected chi connectivity index (χ4v) is 7.15. The van der Waals surface area contributed by atoms with Gasteiger partial charge in [-0.3, -0.25) is 4.79 Å². The van der Waals surface area contributed by atoms with Gasteiger partial charge in [0.2, 0.25) is 10.0 Å². The molecule has 2 aromatic carbocycles. The van der Waals surface area contributed by atoms with Crippen molar-refractivity contribution < 1.29 is 37.3 Å². The lowest BCUT2D eigenvalue weighted by Crippen LogP contribution is -2.45. The number of hydrogen-bond donors (Lipinski definition) is 2. The number of ether oxygens (including phenoxy) is 4. The Balaban J connectivity index is 1.52. The van der Waals surface area contributed by atoms with E-state index in [1.165, 1.54) is 28.6 Å². The van der Waals surface area contributed by atoms with Crippen molar-refractivity contribution in [3.8, 4) is 0 Å². The van der Waals surface area contributed by atoms with E-state index in [0.717, 1.165) is 5.56 Å². The highest BCUT2D eigenvalue weighted by Gasteiger charge is 2.47. The zero-order chi connectivity index (χ0) is 29.6. The number of esters is 1. The van der Waals surface area contributed by atoms with Gasteiger partial charge in [-0.25, -0.2) is 8.42 Å². The van der Waals surface area contributed by atoms with Crippen molar-refractivity contribution in [2.45, 2.75) is 62.6 Å². The first-order chi connectivity index (χ1) is 19.6. The highest BCUT2D eigenvalue weighted by molar-refractivity contribution is 7.89. The lowest BCUT2D eigenvalue weighted by molar-refractivity contribution is -0.200. The lowest BCUT2D eigenvalue weighted by Gasteiger charge is -2.35. The summed E-state index contributed by atoms with van der Waals surface area (Å²) in [5.74, 6) is -1.28. The summed E-state index contributed by atoms with van der Waals surface area (Å²) in [6, 6.07) is 15.5. The first-order valence-corrected chi connectivity index (χ1v) is 15.6. The van der Waals surface area contributed by atoms with Gasteiger partial charge in [-0.1, -0.05) is 44.2 Å². The molecular formula is C30H42N2O8S. The zero-order valence-corrected chi connectivity index (χ0v) is 24.7. The molecule has 0 aromatic heterocycles. The number of rotatable bonds is 13. The molecule has 2 aromatic rings. The summed E-state index contributed by atoms with van der Waals surface area (Å²) in [4.78, 5) is 13.4. The van der Waals surface area contributed by atoms with Crippen LogP contribution >= 0.6 is 0 Å². The van der Waals surface area contributed by atoms with E-state index in [-0.39, 0.29) is 42.3 Å². The van der Waals surface area contributed by atoms with Crippen LogP contribution in [-0.4, -0.2) is 81.8 Å². The summed E-state index contributed by atoms with van der Waals surface area (Å²) >= 11 is 0. The molecule has 4 rings (SSSR count). The Morgan fingerprint density at radius 1 is 1.07 bits per heavy atom. The van der Waals surface area contributed by atoms with E-state index in [9.17, 15) is 18.3 Å². The van der Waals surface area contributed by atoms with Crippen LogP contribution in [0.2, 0.25) is 0 Å².